The Morgan fingerprint density at radius 1 is 0.395 bits per heavy atom. The van der Waals surface area contributed by atoms with Gasteiger partial charge in [-0.05, 0) is 90.0 Å². The summed E-state index contributed by atoms with van der Waals surface area (Å²) in [5.41, 5.74) is 6.62. The lowest BCUT2D eigenvalue weighted by Gasteiger charge is -2.18. The van der Waals surface area contributed by atoms with Crippen molar-refractivity contribution in [2.45, 2.75) is 0 Å². The summed E-state index contributed by atoms with van der Waals surface area (Å²) in [5.74, 6) is 0. The predicted molar refractivity (Wildman–Crippen MR) is 183 cm³/mol. The molecule has 0 radical (unpaired) electrons. The number of rotatable bonds is 3. The van der Waals surface area contributed by atoms with Crippen LogP contribution in [0.4, 0.5) is 0 Å². The molecule has 0 aliphatic carbocycles. The van der Waals surface area contributed by atoms with E-state index in [0.717, 1.165) is 32.7 Å². The monoisotopic (exact) mass is 551 g/mol. The molecule has 1 heteroatoms. The molecule has 1 nitrogen and oxygen atoms in total. The van der Waals surface area contributed by atoms with Crippen LogP contribution in [0.5, 0.6) is 0 Å². The van der Waals surface area contributed by atoms with E-state index in [2.05, 4.69) is 103 Å². The highest BCUT2D eigenvalue weighted by molar-refractivity contribution is 6.24. The molecule has 0 saturated carbocycles. The van der Waals surface area contributed by atoms with E-state index in [1.54, 1.807) is 6.07 Å². The third-order valence-electron chi connectivity index (χ3n) is 8.54. The SMILES string of the molecule is [2H]c1c([2H])c([2H])c(-c2ccc3c(c2)oc2ccc(-c4c5ccccc5c(-c5cccc6ccccc56)c5ccccc45)cc23)c([2H])c1[2H]. The molecule has 9 rings (SSSR count). The summed E-state index contributed by atoms with van der Waals surface area (Å²) in [6.45, 7) is 0. The van der Waals surface area contributed by atoms with Gasteiger partial charge in [-0.2, -0.15) is 0 Å². The van der Waals surface area contributed by atoms with Crippen LogP contribution in [0, 0.1) is 0 Å². The Bertz CT molecular complexity index is 2700. The van der Waals surface area contributed by atoms with Gasteiger partial charge in [0.1, 0.15) is 11.2 Å². The van der Waals surface area contributed by atoms with Gasteiger partial charge in [-0.15, -0.1) is 0 Å². The fourth-order valence-electron chi connectivity index (χ4n) is 6.66. The largest absolute Gasteiger partial charge is 0.456 e. The van der Waals surface area contributed by atoms with Gasteiger partial charge in [0.2, 0.25) is 0 Å². The van der Waals surface area contributed by atoms with E-state index in [4.69, 9.17) is 11.3 Å². The Kier molecular flexibility index (Phi) is 4.27. The summed E-state index contributed by atoms with van der Waals surface area (Å²) in [4.78, 5) is 0. The van der Waals surface area contributed by atoms with E-state index < -0.39 is 6.04 Å². The molecule has 200 valence electrons. The fraction of sp³-hybridized carbons (Fsp3) is 0. The standard InChI is InChI=1S/C42H26O/c1-2-11-27(12-3-1)29-21-23-32-38-25-30(22-24-39(38)43-40(32)26-29)41-34-16-6-8-18-36(34)42(37-19-9-7-17-35(37)41)33-20-10-14-28-13-4-5-15-31(28)33/h1-26H/i1D,2D,3D,11D,12D. The van der Waals surface area contributed by atoms with Gasteiger partial charge in [0, 0.05) is 10.8 Å². The van der Waals surface area contributed by atoms with Crippen molar-refractivity contribution in [3.63, 3.8) is 0 Å². The molecule has 0 fully saturated rings. The maximum absolute atomic E-state index is 8.45. The first-order valence-electron chi connectivity index (χ1n) is 16.9. The minimum atomic E-state index is -0.406. The van der Waals surface area contributed by atoms with E-state index >= 15 is 0 Å². The summed E-state index contributed by atoms with van der Waals surface area (Å²) < 4.78 is 47.4. The molecule has 0 aliphatic rings. The smallest absolute Gasteiger partial charge is 0.136 e. The molecule has 0 aliphatic heterocycles. The second-order valence-electron chi connectivity index (χ2n) is 10.9. The predicted octanol–water partition coefficient (Wildman–Crippen LogP) is 12.0. The van der Waals surface area contributed by atoms with Crippen molar-refractivity contribution in [2.75, 3.05) is 0 Å². The molecule has 8 aromatic carbocycles. The second-order valence-corrected chi connectivity index (χ2v) is 10.9. The Morgan fingerprint density at radius 3 is 1.77 bits per heavy atom. The highest BCUT2D eigenvalue weighted by Crippen LogP contribution is 2.46. The minimum Gasteiger partial charge on any atom is -0.456 e. The Morgan fingerprint density at radius 2 is 1.02 bits per heavy atom. The van der Waals surface area contributed by atoms with Crippen molar-refractivity contribution < 1.29 is 11.3 Å². The first kappa shape index (κ1) is 19.5. The van der Waals surface area contributed by atoms with Gasteiger partial charge >= 0.3 is 0 Å². The Hall–Kier alpha value is -5.66. The molecule has 0 atom stereocenters. The first-order valence-corrected chi connectivity index (χ1v) is 14.4. The summed E-state index contributed by atoms with van der Waals surface area (Å²) in [6.07, 6.45) is 0. The van der Waals surface area contributed by atoms with Crippen LogP contribution >= 0.6 is 0 Å². The van der Waals surface area contributed by atoms with Crippen LogP contribution in [0.1, 0.15) is 6.85 Å². The third-order valence-corrected chi connectivity index (χ3v) is 8.54. The van der Waals surface area contributed by atoms with Crippen molar-refractivity contribution in [1.29, 1.82) is 0 Å². The van der Waals surface area contributed by atoms with E-state index in [1.807, 2.05) is 18.2 Å². The summed E-state index contributed by atoms with van der Waals surface area (Å²) >= 11 is 0. The molecule has 1 aromatic heterocycles. The Labute approximate surface area is 256 Å². The molecule has 0 N–H and O–H groups in total. The number of fused-ring (bicyclic) bond motifs is 6. The number of hydrogen-bond donors (Lipinski definition) is 0. The van der Waals surface area contributed by atoms with E-state index in [9.17, 15) is 0 Å². The van der Waals surface area contributed by atoms with Crippen LogP contribution in [0.25, 0.3) is 87.6 Å². The van der Waals surface area contributed by atoms with E-state index in [1.165, 1.54) is 32.7 Å². The molecule has 0 bridgehead atoms. The molecule has 0 spiro atoms. The van der Waals surface area contributed by atoms with Gasteiger partial charge < -0.3 is 4.42 Å². The van der Waals surface area contributed by atoms with Crippen LogP contribution in [0.2, 0.25) is 0 Å². The highest BCUT2D eigenvalue weighted by atomic mass is 16.3. The zero-order valence-electron chi connectivity index (χ0n) is 28.0. The van der Waals surface area contributed by atoms with Crippen LogP contribution in [0.15, 0.2) is 162 Å². The van der Waals surface area contributed by atoms with Crippen LogP contribution in [-0.4, -0.2) is 0 Å². The third kappa shape index (κ3) is 3.72. The molecule has 0 saturated heterocycles. The number of benzene rings is 8. The van der Waals surface area contributed by atoms with Gasteiger partial charge in [0.15, 0.2) is 0 Å². The zero-order valence-corrected chi connectivity index (χ0v) is 23.0. The lowest BCUT2D eigenvalue weighted by atomic mass is 9.84. The maximum Gasteiger partial charge on any atom is 0.136 e. The van der Waals surface area contributed by atoms with Crippen molar-refractivity contribution in [2.24, 2.45) is 0 Å². The number of furan rings is 1. The van der Waals surface area contributed by atoms with Crippen LogP contribution in [-0.2, 0) is 0 Å². The van der Waals surface area contributed by atoms with Crippen LogP contribution < -0.4 is 0 Å². The number of hydrogen-bond acceptors (Lipinski definition) is 1. The minimum absolute atomic E-state index is 0.160. The average Bonchev–Trinajstić information content (AvgIpc) is 3.49. The highest BCUT2D eigenvalue weighted by Gasteiger charge is 2.19. The topological polar surface area (TPSA) is 13.1 Å². The molecule has 43 heavy (non-hydrogen) atoms. The lowest BCUT2D eigenvalue weighted by Crippen LogP contribution is -1.91. The summed E-state index contributed by atoms with van der Waals surface area (Å²) in [5, 5.41) is 8.96. The molecule has 9 aromatic rings. The van der Waals surface area contributed by atoms with Gasteiger partial charge in [-0.3, -0.25) is 0 Å². The lowest BCUT2D eigenvalue weighted by molar-refractivity contribution is 0.669. The van der Waals surface area contributed by atoms with Gasteiger partial charge in [-0.25, -0.2) is 0 Å². The average molecular weight is 552 g/mol. The fourth-order valence-corrected chi connectivity index (χ4v) is 6.66. The van der Waals surface area contributed by atoms with Crippen molar-refractivity contribution in [3.8, 4) is 33.4 Å². The molecular formula is C42H26O. The second kappa shape index (κ2) is 9.44. The van der Waals surface area contributed by atoms with Gasteiger partial charge in [0.25, 0.3) is 0 Å². The zero-order chi connectivity index (χ0) is 32.7. The molecular weight excluding hydrogens is 520 g/mol. The van der Waals surface area contributed by atoms with E-state index in [0.29, 0.717) is 16.7 Å². The quantitative estimate of drug-likeness (QED) is 0.199. The first-order chi connectivity index (χ1) is 23.4. The van der Waals surface area contributed by atoms with Gasteiger partial charge in [0.05, 0.1) is 6.85 Å². The maximum atomic E-state index is 8.45. The van der Waals surface area contributed by atoms with Crippen molar-refractivity contribution in [1.82, 2.24) is 0 Å². The van der Waals surface area contributed by atoms with Crippen molar-refractivity contribution >= 4 is 54.3 Å². The van der Waals surface area contributed by atoms with Crippen LogP contribution in [0.3, 0.4) is 0 Å². The van der Waals surface area contributed by atoms with Gasteiger partial charge in [-0.1, -0.05) is 133 Å². The molecule has 1 heterocycles. The summed E-state index contributed by atoms with van der Waals surface area (Å²) in [7, 11) is 0. The van der Waals surface area contributed by atoms with E-state index in [-0.39, 0.29) is 29.7 Å². The normalized spacial score (nSPS) is 13.3. The Balaban J connectivity index is 1.28. The molecule has 0 unspecified atom stereocenters. The summed E-state index contributed by atoms with van der Waals surface area (Å²) in [6, 6.07) is 42.5. The van der Waals surface area contributed by atoms with Crippen molar-refractivity contribution in [3.05, 3.63) is 158 Å². The molecule has 0 amide bonds.